The number of esters is 1. The number of thiophene rings is 1. The van der Waals surface area contributed by atoms with E-state index in [4.69, 9.17) is 16.3 Å². The number of carbonyl (C=O) groups excluding carboxylic acids is 1. The molecule has 0 amide bonds. The molecule has 3 unspecified atom stereocenters. The lowest BCUT2D eigenvalue weighted by molar-refractivity contribution is -0.0238. The average Bonchev–Trinajstić information content (AvgIpc) is 2.88. The largest absolute Gasteiger partial charge is 0.458 e. The van der Waals surface area contributed by atoms with Crippen molar-refractivity contribution in [2.24, 2.45) is 16.7 Å². The van der Waals surface area contributed by atoms with E-state index in [0.717, 1.165) is 18.4 Å². The second-order valence-corrected chi connectivity index (χ2v) is 8.32. The summed E-state index contributed by atoms with van der Waals surface area (Å²) in [6, 6.07) is 0. The molecule has 2 aliphatic carbocycles. The van der Waals surface area contributed by atoms with Crippen LogP contribution in [0.2, 0.25) is 5.02 Å². The molecular weight excluding hydrogens is 292 g/mol. The molecule has 20 heavy (non-hydrogen) atoms. The summed E-state index contributed by atoms with van der Waals surface area (Å²) in [6.45, 7) is 8.83. The quantitative estimate of drug-likeness (QED) is 0.712. The summed E-state index contributed by atoms with van der Waals surface area (Å²) < 4.78 is 5.85. The number of halogens is 1. The minimum atomic E-state index is -0.248. The Bertz CT molecular complexity index is 563. The van der Waals surface area contributed by atoms with Crippen LogP contribution in [0.5, 0.6) is 0 Å². The van der Waals surface area contributed by atoms with Gasteiger partial charge in [-0.2, -0.15) is 0 Å². The Morgan fingerprint density at radius 3 is 2.60 bits per heavy atom. The van der Waals surface area contributed by atoms with Crippen molar-refractivity contribution in [1.82, 2.24) is 0 Å². The molecule has 110 valence electrons. The van der Waals surface area contributed by atoms with Crippen LogP contribution >= 0.6 is 22.9 Å². The molecule has 2 fully saturated rings. The summed E-state index contributed by atoms with van der Waals surface area (Å²) in [7, 11) is 0. The first-order valence-electron chi connectivity index (χ1n) is 7.22. The van der Waals surface area contributed by atoms with Crippen molar-refractivity contribution in [1.29, 1.82) is 0 Å². The third kappa shape index (κ3) is 1.79. The smallest absolute Gasteiger partial charge is 0.350 e. The molecule has 2 saturated carbocycles. The van der Waals surface area contributed by atoms with Crippen molar-refractivity contribution in [2.75, 3.05) is 0 Å². The van der Waals surface area contributed by atoms with Crippen LogP contribution in [0.1, 0.15) is 55.3 Å². The second kappa shape index (κ2) is 4.48. The second-order valence-electron chi connectivity index (χ2n) is 7.07. The highest BCUT2D eigenvalue weighted by Crippen LogP contribution is 2.66. The van der Waals surface area contributed by atoms with Gasteiger partial charge in [0.05, 0.1) is 5.02 Å². The highest BCUT2D eigenvalue weighted by Gasteiger charge is 2.62. The van der Waals surface area contributed by atoms with Crippen LogP contribution in [0, 0.1) is 23.7 Å². The van der Waals surface area contributed by atoms with Crippen molar-refractivity contribution in [3.63, 3.8) is 0 Å². The van der Waals surface area contributed by atoms with Gasteiger partial charge in [-0.25, -0.2) is 4.79 Å². The van der Waals surface area contributed by atoms with Gasteiger partial charge in [-0.1, -0.05) is 32.4 Å². The van der Waals surface area contributed by atoms with E-state index in [0.29, 0.717) is 15.8 Å². The van der Waals surface area contributed by atoms with Gasteiger partial charge in [-0.05, 0) is 48.5 Å². The molecule has 0 aromatic carbocycles. The number of hydrogen-bond donors (Lipinski definition) is 0. The van der Waals surface area contributed by atoms with Crippen molar-refractivity contribution < 1.29 is 9.53 Å². The maximum Gasteiger partial charge on any atom is 0.350 e. The molecule has 3 rings (SSSR count). The Morgan fingerprint density at radius 1 is 1.45 bits per heavy atom. The van der Waals surface area contributed by atoms with Crippen molar-refractivity contribution >= 4 is 28.9 Å². The van der Waals surface area contributed by atoms with Crippen molar-refractivity contribution in [3.05, 3.63) is 20.8 Å². The molecule has 1 heterocycles. The molecule has 0 radical (unpaired) electrons. The molecule has 0 N–H and O–H groups in total. The average molecular weight is 313 g/mol. The highest BCUT2D eigenvalue weighted by molar-refractivity contribution is 7.12. The first kappa shape index (κ1) is 14.4. The SMILES string of the molecule is Cc1csc(C(=O)OC2CC3CCC2(C)C3(C)C)c1Cl. The number of aryl methyl sites for hydroxylation is 1. The van der Waals surface area contributed by atoms with Gasteiger partial charge in [0.25, 0.3) is 0 Å². The summed E-state index contributed by atoms with van der Waals surface area (Å²) >= 11 is 7.55. The van der Waals surface area contributed by atoms with E-state index in [1.807, 2.05) is 12.3 Å². The lowest BCUT2D eigenvalue weighted by Gasteiger charge is -2.38. The van der Waals surface area contributed by atoms with Crippen LogP contribution in [-0.2, 0) is 4.74 Å². The molecule has 3 atom stereocenters. The topological polar surface area (TPSA) is 26.3 Å². The van der Waals surface area contributed by atoms with E-state index in [1.165, 1.54) is 17.8 Å². The molecule has 1 aromatic heterocycles. The number of hydrogen-bond acceptors (Lipinski definition) is 3. The maximum atomic E-state index is 12.4. The standard InChI is InChI=1S/C16H21ClO2S/c1-9-8-20-13(12(9)17)14(18)19-11-7-10-5-6-16(11,4)15(10,2)3/h8,10-11H,5-7H2,1-4H3. The predicted octanol–water partition coefficient (Wildman–Crippen LogP) is 5.08. The van der Waals surface area contributed by atoms with Gasteiger partial charge in [0.2, 0.25) is 0 Å². The summed E-state index contributed by atoms with van der Waals surface area (Å²) in [6.07, 6.45) is 3.44. The first-order chi connectivity index (χ1) is 9.27. The number of fused-ring (bicyclic) bond motifs is 2. The van der Waals surface area contributed by atoms with E-state index in [1.54, 1.807) is 0 Å². The van der Waals surface area contributed by atoms with Gasteiger partial charge in [-0.3, -0.25) is 0 Å². The fourth-order valence-corrected chi connectivity index (χ4v) is 5.21. The molecule has 4 heteroatoms. The lowest BCUT2D eigenvalue weighted by atomic mass is 9.70. The molecule has 0 saturated heterocycles. The highest BCUT2D eigenvalue weighted by atomic mass is 35.5. The van der Waals surface area contributed by atoms with Gasteiger partial charge in [0, 0.05) is 5.41 Å². The molecule has 2 aliphatic rings. The molecule has 2 bridgehead atoms. The van der Waals surface area contributed by atoms with Crippen LogP contribution < -0.4 is 0 Å². The van der Waals surface area contributed by atoms with E-state index < -0.39 is 0 Å². The van der Waals surface area contributed by atoms with Crippen molar-refractivity contribution in [3.8, 4) is 0 Å². The molecule has 2 nitrogen and oxygen atoms in total. The maximum absolute atomic E-state index is 12.4. The number of rotatable bonds is 2. The summed E-state index contributed by atoms with van der Waals surface area (Å²) in [5.41, 5.74) is 1.31. The zero-order valence-electron chi connectivity index (χ0n) is 12.5. The van der Waals surface area contributed by atoms with Gasteiger partial charge in [-0.15, -0.1) is 11.3 Å². The summed E-state index contributed by atoms with van der Waals surface area (Å²) in [5.74, 6) is 0.425. The van der Waals surface area contributed by atoms with E-state index in [-0.39, 0.29) is 22.9 Å². The zero-order chi connectivity index (χ0) is 14.7. The molecule has 0 spiro atoms. The van der Waals surface area contributed by atoms with Gasteiger partial charge in [0.1, 0.15) is 11.0 Å². The fourth-order valence-electron chi connectivity index (χ4n) is 4.06. The third-order valence-electron chi connectivity index (χ3n) is 6.05. The van der Waals surface area contributed by atoms with Crippen LogP contribution in [0.15, 0.2) is 5.38 Å². The van der Waals surface area contributed by atoms with Crippen molar-refractivity contribution in [2.45, 2.75) is 53.1 Å². The Kier molecular flexibility index (Phi) is 3.22. The Hall–Kier alpha value is -0.540. The van der Waals surface area contributed by atoms with Gasteiger partial charge >= 0.3 is 5.97 Å². The van der Waals surface area contributed by atoms with Gasteiger partial charge < -0.3 is 4.74 Å². The first-order valence-corrected chi connectivity index (χ1v) is 8.47. The van der Waals surface area contributed by atoms with E-state index >= 15 is 0 Å². The third-order valence-corrected chi connectivity index (χ3v) is 7.72. The number of carbonyl (C=O) groups is 1. The van der Waals surface area contributed by atoms with Crippen LogP contribution in [0.25, 0.3) is 0 Å². The Labute approximate surface area is 129 Å². The van der Waals surface area contributed by atoms with Crippen LogP contribution in [0.4, 0.5) is 0 Å². The Morgan fingerprint density at radius 2 is 2.15 bits per heavy atom. The number of ether oxygens (including phenoxy) is 1. The predicted molar refractivity (Wildman–Crippen MR) is 82.5 cm³/mol. The minimum Gasteiger partial charge on any atom is -0.458 e. The van der Waals surface area contributed by atoms with Crippen LogP contribution in [0.3, 0.4) is 0 Å². The molecule has 1 aromatic rings. The molecular formula is C16H21ClO2S. The zero-order valence-corrected chi connectivity index (χ0v) is 14.0. The summed E-state index contributed by atoms with van der Waals surface area (Å²) in [5, 5.41) is 2.46. The van der Waals surface area contributed by atoms with E-state index in [2.05, 4.69) is 20.8 Å². The lowest BCUT2D eigenvalue weighted by Crippen LogP contribution is -2.38. The normalized spacial score (nSPS) is 34.5. The van der Waals surface area contributed by atoms with Gasteiger partial charge in [0.15, 0.2) is 0 Å². The Balaban J connectivity index is 1.80. The fraction of sp³-hybridized carbons (Fsp3) is 0.688. The summed E-state index contributed by atoms with van der Waals surface area (Å²) in [4.78, 5) is 12.9. The van der Waals surface area contributed by atoms with Crippen LogP contribution in [-0.4, -0.2) is 12.1 Å². The minimum absolute atomic E-state index is 0.0298. The molecule has 0 aliphatic heterocycles. The van der Waals surface area contributed by atoms with E-state index in [9.17, 15) is 4.79 Å². The monoisotopic (exact) mass is 312 g/mol.